The predicted molar refractivity (Wildman–Crippen MR) is 101 cm³/mol. The Morgan fingerprint density at radius 1 is 1.04 bits per heavy atom. The van der Waals surface area contributed by atoms with Gasteiger partial charge in [0.2, 0.25) is 0 Å². The van der Waals surface area contributed by atoms with E-state index in [0.29, 0.717) is 10.7 Å². The molecule has 6 heteroatoms. The number of rotatable bonds is 1. The van der Waals surface area contributed by atoms with Crippen LogP contribution in [0.5, 0.6) is 0 Å². The Balaban J connectivity index is 0.000000219. The van der Waals surface area contributed by atoms with Gasteiger partial charge in [-0.3, -0.25) is 4.79 Å². The van der Waals surface area contributed by atoms with Gasteiger partial charge >= 0.3 is 6.03 Å². The fourth-order valence-corrected chi connectivity index (χ4v) is 2.78. The molecule has 0 bridgehead atoms. The molecule has 1 aliphatic heterocycles. The highest BCUT2D eigenvalue weighted by Gasteiger charge is 2.36. The van der Waals surface area contributed by atoms with E-state index in [9.17, 15) is 9.59 Å². The molecule has 0 aliphatic carbocycles. The normalized spacial score (nSPS) is 16.5. The molecule has 1 unspecified atom stereocenters. The van der Waals surface area contributed by atoms with Gasteiger partial charge in [0.15, 0.2) is 0 Å². The van der Waals surface area contributed by atoms with E-state index < -0.39 is 12.1 Å². The summed E-state index contributed by atoms with van der Waals surface area (Å²) in [6.07, 6.45) is 0. The molecule has 0 saturated carbocycles. The van der Waals surface area contributed by atoms with E-state index in [1.165, 1.54) is 5.56 Å². The van der Waals surface area contributed by atoms with Crippen molar-refractivity contribution < 1.29 is 9.59 Å². The van der Waals surface area contributed by atoms with Gasteiger partial charge in [0.25, 0.3) is 5.91 Å². The Morgan fingerprint density at radius 3 is 2.12 bits per heavy atom. The zero-order valence-corrected chi connectivity index (χ0v) is 16.0. The zero-order chi connectivity index (χ0) is 17.9. The zero-order valence-electron chi connectivity index (χ0n) is 13.6. The van der Waals surface area contributed by atoms with Crippen molar-refractivity contribution in [1.82, 2.24) is 5.32 Å². The Kier molecular flexibility index (Phi) is 6.02. The lowest BCUT2D eigenvalue weighted by Crippen LogP contribution is -2.30. The first-order valence-electron chi connectivity index (χ1n) is 7.42. The summed E-state index contributed by atoms with van der Waals surface area (Å²) in [6.45, 7) is 5.58. The molecule has 0 radical (unpaired) electrons. The van der Waals surface area contributed by atoms with Crippen molar-refractivity contribution in [2.45, 2.75) is 26.8 Å². The van der Waals surface area contributed by atoms with Gasteiger partial charge in [0, 0.05) is 9.50 Å². The molecule has 1 saturated heterocycles. The second-order valence-corrected chi connectivity index (χ2v) is 6.98. The summed E-state index contributed by atoms with van der Waals surface area (Å²) in [5.74, 6) is -0.258. The fraction of sp³-hybridized carbons (Fsp3) is 0.222. The molecule has 1 atom stereocenters. The summed E-state index contributed by atoms with van der Waals surface area (Å²) in [5, 5.41) is 3.06. The molecule has 0 aromatic heterocycles. The first kappa shape index (κ1) is 18.5. The minimum absolute atomic E-state index is 0.258. The van der Waals surface area contributed by atoms with E-state index in [1.54, 1.807) is 25.1 Å². The number of urea groups is 1. The van der Waals surface area contributed by atoms with Crippen molar-refractivity contribution in [3.63, 3.8) is 0 Å². The van der Waals surface area contributed by atoms with Crippen LogP contribution in [-0.4, -0.2) is 18.0 Å². The third kappa shape index (κ3) is 4.58. The second kappa shape index (κ2) is 7.81. The van der Waals surface area contributed by atoms with Crippen molar-refractivity contribution >= 4 is 45.2 Å². The molecule has 24 heavy (non-hydrogen) atoms. The number of aryl methyl sites for hydroxylation is 2. The molecule has 4 nitrogen and oxygen atoms in total. The Labute approximate surface area is 154 Å². The topological polar surface area (TPSA) is 49.4 Å². The van der Waals surface area contributed by atoms with Crippen LogP contribution in [0.1, 0.15) is 18.1 Å². The van der Waals surface area contributed by atoms with Crippen molar-refractivity contribution in [2.24, 2.45) is 0 Å². The maximum atomic E-state index is 11.7. The van der Waals surface area contributed by atoms with Gasteiger partial charge in [-0.25, -0.2) is 9.69 Å². The van der Waals surface area contributed by atoms with Gasteiger partial charge < -0.3 is 5.32 Å². The summed E-state index contributed by atoms with van der Waals surface area (Å²) >= 11 is 9.24. The molecule has 2 aromatic carbocycles. The lowest BCUT2D eigenvalue weighted by molar-refractivity contribution is -0.117. The van der Waals surface area contributed by atoms with Gasteiger partial charge in [0.1, 0.15) is 6.04 Å². The van der Waals surface area contributed by atoms with Gasteiger partial charge in [-0.15, -0.1) is 0 Å². The smallest absolute Gasteiger partial charge is 0.326 e. The number of hydrogen-bond donors (Lipinski definition) is 1. The van der Waals surface area contributed by atoms with Crippen LogP contribution >= 0.6 is 27.5 Å². The van der Waals surface area contributed by atoms with Crippen LogP contribution < -0.4 is 10.2 Å². The number of halogens is 2. The number of hydrogen-bond acceptors (Lipinski definition) is 2. The average molecular weight is 410 g/mol. The number of nitrogens with one attached hydrogen (secondary N) is 1. The van der Waals surface area contributed by atoms with E-state index in [1.807, 2.05) is 19.1 Å². The number of carbonyl (C=O) groups excluding carboxylic acids is 2. The third-order valence-electron chi connectivity index (χ3n) is 3.43. The summed E-state index contributed by atoms with van der Waals surface area (Å²) in [7, 11) is 0. The van der Waals surface area contributed by atoms with Crippen LogP contribution in [0.3, 0.4) is 0 Å². The highest BCUT2D eigenvalue weighted by molar-refractivity contribution is 9.10. The molecule has 3 amide bonds. The van der Waals surface area contributed by atoms with Crippen molar-refractivity contribution in [1.29, 1.82) is 0 Å². The summed E-state index contributed by atoms with van der Waals surface area (Å²) in [4.78, 5) is 24.4. The SMILES string of the molecule is Cc1cc(Cl)cc(N2C(=O)NC(C)C2=O)c1.Cc1ccc(Br)cc1. The first-order chi connectivity index (χ1) is 11.3. The van der Waals surface area contributed by atoms with E-state index >= 15 is 0 Å². The molecule has 1 aliphatic rings. The molecule has 1 fully saturated rings. The van der Waals surface area contributed by atoms with Crippen LogP contribution in [0.4, 0.5) is 10.5 Å². The molecule has 0 spiro atoms. The molecule has 126 valence electrons. The van der Waals surface area contributed by atoms with Crippen LogP contribution in [0.25, 0.3) is 0 Å². The Hall–Kier alpha value is -1.85. The molecular weight excluding hydrogens is 392 g/mol. The largest absolute Gasteiger partial charge is 0.329 e. The molecular formula is C18H18BrClN2O2. The summed E-state index contributed by atoms with van der Waals surface area (Å²) < 4.78 is 1.14. The standard InChI is InChI=1S/C11H11ClN2O2.C7H7Br/c1-6-3-8(12)5-9(4-6)14-10(15)7(2)13-11(14)16;1-6-2-4-7(8)5-3-6/h3-5,7H,1-2H3,(H,13,16);2-5H,1H3. The van der Waals surface area contributed by atoms with Crippen molar-refractivity contribution in [3.8, 4) is 0 Å². The maximum Gasteiger partial charge on any atom is 0.329 e. The third-order valence-corrected chi connectivity index (χ3v) is 4.18. The highest BCUT2D eigenvalue weighted by Crippen LogP contribution is 2.24. The van der Waals surface area contributed by atoms with Crippen LogP contribution in [0.2, 0.25) is 5.02 Å². The van der Waals surface area contributed by atoms with Crippen LogP contribution in [-0.2, 0) is 4.79 Å². The number of anilines is 1. The molecule has 1 N–H and O–H groups in total. The minimum atomic E-state index is -0.480. The number of carbonyl (C=O) groups is 2. The van der Waals surface area contributed by atoms with Gasteiger partial charge in [-0.05, 0) is 56.7 Å². The van der Waals surface area contributed by atoms with E-state index in [0.717, 1.165) is 14.9 Å². The highest BCUT2D eigenvalue weighted by atomic mass is 79.9. The average Bonchev–Trinajstić information content (AvgIpc) is 2.75. The van der Waals surface area contributed by atoms with Gasteiger partial charge in [-0.1, -0.05) is 45.2 Å². The Morgan fingerprint density at radius 2 is 1.67 bits per heavy atom. The van der Waals surface area contributed by atoms with Gasteiger partial charge in [-0.2, -0.15) is 0 Å². The second-order valence-electron chi connectivity index (χ2n) is 5.63. The van der Waals surface area contributed by atoms with Crippen molar-refractivity contribution in [2.75, 3.05) is 4.90 Å². The van der Waals surface area contributed by atoms with Crippen LogP contribution in [0.15, 0.2) is 46.9 Å². The fourth-order valence-electron chi connectivity index (χ4n) is 2.23. The summed E-state index contributed by atoms with van der Waals surface area (Å²) in [6, 6.07) is 12.5. The quantitative estimate of drug-likeness (QED) is 0.684. The number of benzene rings is 2. The molecule has 2 aromatic rings. The summed E-state index contributed by atoms with van der Waals surface area (Å²) in [5.41, 5.74) is 2.72. The van der Waals surface area contributed by atoms with E-state index in [4.69, 9.17) is 11.6 Å². The van der Waals surface area contributed by atoms with Gasteiger partial charge in [0.05, 0.1) is 5.69 Å². The van der Waals surface area contributed by atoms with E-state index in [-0.39, 0.29) is 5.91 Å². The minimum Gasteiger partial charge on any atom is -0.326 e. The van der Waals surface area contributed by atoms with E-state index in [2.05, 4.69) is 40.3 Å². The monoisotopic (exact) mass is 408 g/mol. The number of amides is 3. The molecule has 3 rings (SSSR count). The lowest BCUT2D eigenvalue weighted by Gasteiger charge is -2.13. The number of imide groups is 1. The number of nitrogens with zero attached hydrogens (tertiary/aromatic N) is 1. The lowest BCUT2D eigenvalue weighted by atomic mass is 10.2. The Bertz CT molecular complexity index is 721. The molecule has 1 heterocycles. The first-order valence-corrected chi connectivity index (χ1v) is 8.59. The predicted octanol–water partition coefficient (Wildman–Crippen LogP) is 4.85. The maximum absolute atomic E-state index is 11.7. The van der Waals surface area contributed by atoms with Crippen LogP contribution in [0, 0.1) is 13.8 Å². The van der Waals surface area contributed by atoms with Crippen molar-refractivity contribution in [3.05, 3.63) is 63.1 Å².